The van der Waals surface area contributed by atoms with Crippen LogP contribution in [0.3, 0.4) is 0 Å². The lowest BCUT2D eigenvalue weighted by atomic mass is 10.0. The van der Waals surface area contributed by atoms with Crippen LogP contribution in [0.25, 0.3) is 11.0 Å². The predicted octanol–water partition coefficient (Wildman–Crippen LogP) is 8.14. The van der Waals surface area contributed by atoms with Gasteiger partial charge in [0.15, 0.2) is 0 Å². The Morgan fingerprint density at radius 1 is 0.758 bits per heavy atom. The molecule has 0 spiro atoms. The van der Waals surface area contributed by atoms with Gasteiger partial charge in [-0.3, -0.25) is 0 Å². The van der Waals surface area contributed by atoms with Crippen LogP contribution in [-0.2, 0) is 0 Å². The monoisotopic (exact) mass is 457 g/mol. The van der Waals surface area contributed by atoms with Crippen molar-refractivity contribution in [3.63, 3.8) is 0 Å². The van der Waals surface area contributed by atoms with Gasteiger partial charge in [-0.25, -0.2) is 9.59 Å². The molecule has 1 aromatic heterocycles. The van der Waals surface area contributed by atoms with Crippen molar-refractivity contribution in [3.8, 4) is 5.75 Å². The zero-order valence-electron chi connectivity index (χ0n) is 20.5. The highest BCUT2D eigenvalue weighted by atomic mass is 16.6. The molecule has 1 heterocycles. The van der Waals surface area contributed by atoms with Crippen LogP contribution in [0, 0.1) is 0 Å². The first-order chi connectivity index (χ1) is 16.2. The van der Waals surface area contributed by atoms with Gasteiger partial charge in [-0.15, -0.1) is 0 Å². The molecule has 33 heavy (non-hydrogen) atoms. The number of fused-ring (bicyclic) bond motifs is 1. The van der Waals surface area contributed by atoms with E-state index in [4.69, 9.17) is 9.15 Å². The number of carbonyl (C=O) groups is 1. The van der Waals surface area contributed by atoms with E-state index in [-0.39, 0.29) is 0 Å². The van der Waals surface area contributed by atoms with Crippen molar-refractivity contribution in [1.82, 2.24) is 5.32 Å². The van der Waals surface area contributed by atoms with Gasteiger partial charge in [0.2, 0.25) is 0 Å². The maximum Gasteiger partial charge on any atom is 0.412 e. The van der Waals surface area contributed by atoms with Crippen LogP contribution < -0.4 is 15.7 Å². The molecule has 0 fully saturated rings. The van der Waals surface area contributed by atoms with Crippen molar-refractivity contribution in [2.45, 2.75) is 110 Å². The Kier molecular flexibility index (Phi) is 14.1. The molecule has 5 nitrogen and oxygen atoms in total. The van der Waals surface area contributed by atoms with Crippen molar-refractivity contribution in [2.75, 3.05) is 6.54 Å². The molecule has 2 rings (SSSR count). The number of ether oxygens (including phenoxy) is 1. The first kappa shape index (κ1) is 26.9. The molecule has 0 aliphatic heterocycles. The average molecular weight is 458 g/mol. The van der Waals surface area contributed by atoms with Gasteiger partial charge in [0, 0.05) is 24.1 Å². The second-order valence-corrected chi connectivity index (χ2v) is 9.07. The van der Waals surface area contributed by atoms with Crippen LogP contribution in [0.2, 0.25) is 0 Å². The Morgan fingerprint density at radius 2 is 1.27 bits per heavy atom. The third kappa shape index (κ3) is 12.5. The molecule has 0 radical (unpaired) electrons. The third-order valence-electron chi connectivity index (χ3n) is 6.10. The van der Waals surface area contributed by atoms with Gasteiger partial charge in [0.1, 0.15) is 11.3 Å². The van der Waals surface area contributed by atoms with E-state index in [0.29, 0.717) is 17.9 Å². The van der Waals surface area contributed by atoms with Crippen molar-refractivity contribution in [2.24, 2.45) is 0 Å². The summed E-state index contributed by atoms with van der Waals surface area (Å²) in [7, 11) is 0. The van der Waals surface area contributed by atoms with Gasteiger partial charge in [-0.05, 0) is 24.6 Å². The quantitative estimate of drug-likeness (QED) is 0.181. The van der Waals surface area contributed by atoms with E-state index in [1.807, 2.05) is 0 Å². The molecule has 1 amide bonds. The van der Waals surface area contributed by atoms with Gasteiger partial charge >= 0.3 is 11.7 Å². The first-order valence-corrected chi connectivity index (χ1v) is 13.2. The second-order valence-electron chi connectivity index (χ2n) is 9.07. The number of amides is 1. The standard InChI is InChI=1S/C28H43NO4/c1-2-3-4-5-6-7-8-9-10-11-12-13-14-15-16-17-22-29-28(31)32-25-20-18-24-19-21-27(30)33-26(24)23-25/h18-21,23H,2-17,22H2,1H3,(H,29,31). The summed E-state index contributed by atoms with van der Waals surface area (Å²) in [5.41, 5.74) is -0.0156. The van der Waals surface area contributed by atoms with Crippen LogP contribution in [-0.4, -0.2) is 12.6 Å². The Hall–Kier alpha value is -2.30. The Labute approximate surface area is 199 Å². The van der Waals surface area contributed by atoms with E-state index >= 15 is 0 Å². The number of rotatable bonds is 18. The molecule has 0 aliphatic carbocycles. The molecule has 0 bridgehead atoms. The summed E-state index contributed by atoms with van der Waals surface area (Å²) >= 11 is 0. The fraction of sp³-hybridized carbons (Fsp3) is 0.643. The van der Waals surface area contributed by atoms with Crippen LogP contribution in [0.5, 0.6) is 5.75 Å². The fourth-order valence-corrected chi connectivity index (χ4v) is 4.11. The Bertz CT molecular complexity index is 845. The van der Waals surface area contributed by atoms with Crippen molar-refractivity contribution in [1.29, 1.82) is 0 Å². The van der Waals surface area contributed by atoms with Crippen LogP contribution in [0.15, 0.2) is 39.5 Å². The minimum absolute atomic E-state index is 0.362. The van der Waals surface area contributed by atoms with E-state index in [1.165, 1.54) is 96.0 Å². The first-order valence-electron chi connectivity index (χ1n) is 13.2. The van der Waals surface area contributed by atoms with E-state index < -0.39 is 11.7 Å². The van der Waals surface area contributed by atoms with Gasteiger partial charge < -0.3 is 14.5 Å². The van der Waals surface area contributed by atoms with Crippen molar-refractivity contribution < 1.29 is 13.9 Å². The average Bonchev–Trinajstić information content (AvgIpc) is 2.81. The number of hydrogen-bond donors (Lipinski definition) is 1. The Balaban J connectivity index is 1.38. The number of hydrogen-bond acceptors (Lipinski definition) is 4. The lowest BCUT2D eigenvalue weighted by molar-refractivity contribution is 0.200. The van der Waals surface area contributed by atoms with E-state index in [2.05, 4.69) is 12.2 Å². The molecular weight excluding hydrogens is 414 g/mol. The summed E-state index contributed by atoms with van der Waals surface area (Å²) in [6.45, 7) is 2.88. The van der Waals surface area contributed by atoms with Gasteiger partial charge in [0.05, 0.1) is 0 Å². The summed E-state index contributed by atoms with van der Waals surface area (Å²) in [5.74, 6) is 0.362. The molecule has 0 atom stereocenters. The van der Waals surface area contributed by atoms with Gasteiger partial charge in [-0.1, -0.05) is 103 Å². The number of benzene rings is 1. The van der Waals surface area contributed by atoms with Gasteiger partial charge in [0.25, 0.3) is 0 Å². The van der Waals surface area contributed by atoms with Crippen molar-refractivity contribution in [3.05, 3.63) is 40.8 Å². The molecule has 0 saturated carbocycles. The maximum atomic E-state index is 12.0. The highest BCUT2D eigenvalue weighted by molar-refractivity contribution is 5.79. The molecule has 2 aromatic rings. The molecule has 1 aromatic carbocycles. The normalized spacial score (nSPS) is 11.1. The largest absolute Gasteiger partial charge is 0.423 e. The summed E-state index contributed by atoms with van der Waals surface area (Å²) < 4.78 is 10.4. The molecule has 0 saturated heterocycles. The van der Waals surface area contributed by atoms with Crippen LogP contribution >= 0.6 is 0 Å². The topological polar surface area (TPSA) is 68.5 Å². The number of nitrogens with one attached hydrogen (secondary N) is 1. The van der Waals surface area contributed by atoms with Crippen LogP contribution in [0.4, 0.5) is 4.79 Å². The Morgan fingerprint density at radius 3 is 1.85 bits per heavy atom. The molecule has 5 heteroatoms. The minimum atomic E-state index is -0.478. The second kappa shape index (κ2) is 17.2. The molecule has 0 unspecified atom stereocenters. The van der Waals surface area contributed by atoms with Crippen LogP contribution in [0.1, 0.15) is 110 Å². The smallest absolute Gasteiger partial charge is 0.412 e. The van der Waals surface area contributed by atoms with E-state index in [0.717, 1.165) is 18.2 Å². The highest BCUT2D eigenvalue weighted by Gasteiger charge is 2.06. The third-order valence-corrected chi connectivity index (χ3v) is 6.10. The molecule has 184 valence electrons. The maximum absolute atomic E-state index is 12.0. The number of carbonyl (C=O) groups excluding carboxylic acids is 1. The zero-order chi connectivity index (χ0) is 23.6. The fourth-order valence-electron chi connectivity index (χ4n) is 4.11. The molecule has 0 aliphatic rings. The molecular formula is C28H43NO4. The SMILES string of the molecule is CCCCCCCCCCCCCCCCCCNC(=O)Oc1ccc2ccc(=O)oc2c1. The zero-order valence-corrected chi connectivity index (χ0v) is 20.5. The van der Waals surface area contributed by atoms with Gasteiger partial charge in [-0.2, -0.15) is 0 Å². The van der Waals surface area contributed by atoms with E-state index in [9.17, 15) is 9.59 Å². The van der Waals surface area contributed by atoms with E-state index in [1.54, 1.807) is 24.3 Å². The summed E-state index contributed by atoms with van der Waals surface area (Å²) in [6, 6.07) is 8.06. The van der Waals surface area contributed by atoms with Crippen molar-refractivity contribution >= 4 is 17.1 Å². The summed E-state index contributed by atoms with van der Waals surface area (Å²) in [6.07, 6.45) is 20.8. The lowest BCUT2D eigenvalue weighted by Gasteiger charge is -2.07. The lowest BCUT2D eigenvalue weighted by Crippen LogP contribution is -2.27. The predicted molar refractivity (Wildman–Crippen MR) is 136 cm³/mol. The number of unbranched alkanes of at least 4 members (excludes halogenated alkanes) is 15. The summed E-state index contributed by atoms with van der Waals surface area (Å²) in [4.78, 5) is 23.3. The minimum Gasteiger partial charge on any atom is -0.423 e. The molecule has 1 N–H and O–H groups in total. The summed E-state index contributed by atoms with van der Waals surface area (Å²) in [5, 5.41) is 3.57. The highest BCUT2D eigenvalue weighted by Crippen LogP contribution is 2.19.